The molecule has 1 aliphatic rings. The molecule has 0 N–H and O–H groups in total. The minimum absolute atomic E-state index is 0.00849. The molecule has 1 fully saturated rings. The summed E-state index contributed by atoms with van der Waals surface area (Å²) in [5.41, 5.74) is -0.354. The van der Waals surface area contributed by atoms with Crippen molar-refractivity contribution in [1.82, 2.24) is 24.6 Å². The van der Waals surface area contributed by atoms with Crippen molar-refractivity contribution in [2.75, 3.05) is 13.1 Å². The number of pyridine rings is 1. The van der Waals surface area contributed by atoms with Crippen LogP contribution in [0, 0.1) is 6.92 Å². The Bertz CT molecular complexity index is 1040. The molecule has 1 aliphatic heterocycles. The molecule has 160 valence electrons. The Hall–Kier alpha value is -2.91. The van der Waals surface area contributed by atoms with Crippen LogP contribution in [0.5, 0.6) is 0 Å². The van der Waals surface area contributed by atoms with Crippen LogP contribution in [0.3, 0.4) is 0 Å². The van der Waals surface area contributed by atoms with E-state index in [0.717, 1.165) is 6.07 Å². The van der Waals surface area contributed by atoms with Gasteiger partial charge in [-0.2, -0.15) is 13.2 Å². The van der Waals surface area contributed by atoms with Crippen LogP contribution in [0.4, 0.5) is 13.2 Å². The van der Waals surface area contributed by atoms with E-state index in [1.807, 2.05) is 17.7 Å². The van der Waals surface area contributed by atoms with Gasteiger partial charge < -0.3 is 14.0 Å². The van der Waals surface area contributed by atoms with Crippen LogP contribution < -0.4 is 0 Å². The third kappa shape index (κ3) is 3.90. The highest BCUT2D eigenvalue weighted by molar-refractivity contribution is 5.81. The van der Waals surface area contributed by atoms with Crippen LogP contribution >= 0.6 is 0 Å². The van der Waals surface area contributed by atoms with Crippen molar-refractivity contribution in [3.63, 3.8) is 0 Å². The predicted molar refractivity (Wildman–Crippen MR) is 102 cm³/mol. The average Bonchev–Trinajstić information content (AvgIpc) is 3.37. The summed E-state index contributed by atoms with van der Waals surface area (Å²) in [6.45, 7) is 4.38. The van der Waals surface area contributed by atoms with E-state index in [2.05, 4.69) is 15.1 Å². The van der Waals surface area contributed by atoms with Crippen molar-refractivity contribution in [3.05, 3.63) is 41.7 Å². The number of fused-ring (bicyclic) bond motifs is 1. The second kappa shape index (κ2) is 7.73. The first-order valence-electron chi connectivity index (χ1n) is 9.83. The van der Waals surface area contributed by atoms with Gasteiger partial charge in [0.2, 0.25) is 5.91 Å². The Balaban J connectivity index is 1.46. The molecule has 0 aliphatic carbocycles. The van der Waals surface area contributed by atoms with Crippen molar-refractivity contribution < 1.29 is 22.5 Å². The normalized spacial score (nSPS) is 16.9. The van der Waals surface area contributed by atoms with Crippen LogP contribution in [-0.4, -0.2) is 43.6 Å². The van der Waals surface area contributed by atoms with Crippen LogP contribution in [0.25, 0.3) is 11.1 Å². The highest BCUT2D eigenvalue weighted by Crippen LogP contribution is 2.38. The third-order valence-electron chi connectivity index (χ3n) is 5.71. The number of alkyl halides is 3. The quantitative estimate of drug-likeness (QED) is 0.634. The molecule has 1 atom stereocenters. The Morgan fingerprint density at radius 2 is 2.07 bits per heavy atom. The lowest BCUT2D eigenvalue weighted by Gasteiger charge is -2.32. The van der Waals surface area contributed by atoms with Gasteiger partial charge in [0.1, 0.15) is 0 Å². The van der Waals surface area contributed by atoms with Crippen molar-refractivity contribution >= 4 is 17.0 Å². The van der Waals surface area contributed by atoms with E-state index in [1.54, 1.807) is 17.4 Å². The summed E-state index contributed by atoms with van der Waals surface area (Å²) in [6, 6.07) is 1.10. The molecule has 0 unspecified atom stereocenters. The number of aryl methyl sites for hydroxylation is 1. The van der Waals surface area contributed by atoms with Crippen molar-refractivity contribution in [3.8, 4) is 0 Å². The van der Waals surface area contributed by atoms with Crippen molar-refractivity contribution in [1.29, 1.82) is 0 Å². The number of hydrogen-bond donors (Lipinski definition) is 0. The predicted octanol–water partition coefficient (Wildman–Crippen LogP) is 4.10. The maximum atomic E-state index is 13.6. The highest BCUT2D eigenvalue weighted by Gasteiger charge is 2.37. The number of hydrogen-bond acceptors (Lipinski definition) is 5. The standard InChI is InChI=1S/C20H22F3N5O2/c1-12(28-8-5-24-11-28)9-17(29)27-6-3-14(4-7-27)16-10-15(20(21,22)23)18-13(2)26-30-19(18)25-16/h5,8,10-12,14H,3-4,6-7,9H2,1-2H3/t12-/m1/s1. The zero-order chi connectivity index (χ0) is 21.5. The van der Waals surface area contributed by atoms with E-state index in [-0.39, 0.29) is 34.7 Å². The Morgan fingerprint density at radius 3 is 2.70 bits per heavy atom. The molecule has 3 aromatic rings. The van der Waals surface area contributed by atoms with Crippen molar-refractivity contribution in [2.24, 2.45) is 0 Å². The van der Waals surface area contributed by atoms with Gasteiger partial charge in [0.05, 0.1) is 23.0 Å². The largest absolute Gasteiger partial charge is 0.417 e. The van der Waals surface area contributed by atoms with Crippen LogP contribution in [-0.2, 0) is 11.0 Å². The molecular formula is C20H22F3N5O2. The third-order valence-corrected chi connectivity index (χ3v) is 5.71. The van der Waals surface area contributed by atoms with Crippen LogP contribution in [0.2, 0.25) is 0 Å². The van der Waals surface area contributed by atoms with Gasteiger partial charge in [-0.15, -0.1) is 0 Å². The Kier molecular flexibility index (Phi) is 5.25. The van der Waals surface area contributed by atoms with E-state index >= 15 is 0 Å². The number of imidazole rings is 1. The number of amides is 1. The van der Waals surface area contributed by atoms with Gasteiger partial charge in [0, 0.05) is 49.6 Å². The minimum atomic E-state index is -4.52. The molecule has 0 aromatic carbocycles. The summed E-state index contributed by atoms with van der Waals surface area (Å²) in [6.07, 6.45) is 2.09. The second-order valence-corrected chi connectivity index (χ2v) is 7.76. The van der Waals surface area contributed by atoms with Gasteiger partial charge in [-0.05, 0) is 32.8 Å². The lowest BCUT2D eigenvalue weighted by molar-refractivity contribution is -0.136. The number of carbonyl (C=O) groups is 1. The first kappa shape index (κ1) is 20.4. The summed E-state index contributed by atoms with van der Waals surface area (Å²) in [5, 5.41) is 3.55. The Morgan fingerprint density at radius 1 is 1.33 bits per heavy atom. The number of carbonyl (C=O) groups excluding carboxylic acids is 1. The topological polar surface area (TPSA) is 77.0 Å². The smallest absolute Gasteiger partial charge is 0.343 e. The van der Waals surface area contributed by atoms with Gasteiger partial charge in [-0.25, -0.2) is 9.97 Å². The monoisotopic (exact) mass is 421 g/mol. The summed E-state index contributed by atoms with van der Waals surface area (Å²) in [4.78, 5) is 22.7. The molecule has 4 heterocycles. The van der Waals surface area contributed by atoms with E-state index in [1.165, 1.54) is 6.92 Å². The molecule has 7 nitrogen and oxygen atoms in total. The SMILES string of the molecule is Cc1noc2nc(C3CCN(C(=O)C[C@@H](C)n4ccnc4)CC3)cc(C(F)(F)F)c12. The number of nitrogens with zero attached hydrogens (tertiary/aromatic N) is 5. The molecule has 30 heavy (non-hydrogen) atoms. The van der Waals surface area contributed by atoms with Gasteiger partial charge in [-0.3, -0.25) is 4.79 Å². The molecule has 3 aromatic heterocycles. The van der Waals surface area contributed by atoms with E-state index in [0.29, 0.717) is 38.0 Å². The lowest BCUT2D eigenvalue weighted by atomic mass is 9.91. The molecule has 0 bridgehead atoms. The fraction of sp³-hybridized carbons (Fsp3) is 0.500. The minimum Gasteiger partial charge on any atom is -0.343 e. The first-order chi connectivity index (χ1) is 14.2. The van der Waals surface area contributed by atoms with Crippen LogP contribution in [0.15, 0.2) is 29.3 Å². The summed E-state index contributed by atoms with van der Waals surface area (Å²) in [7, 11) is 0. The molecule has 0 radical (unpaired) electrons. The van der Waals surface area contributed by atoms with Gasteiger partial charge in [-0.1, -0.05) is 5.16 Å². The van der Waals surface area contributed by atoms with Gasteiger partial charge in [0.15, 0.2) is 0 Å². The average molecular weight is 421 g/mol. The van der Waals surface area contributed by atoms with Gasteiger partial charge in [0.25, 0.3) is 5.71 Å². The molecule has 4 rings (SSSR count). The second-order valence-electron chi connectivity index (χ2n) is 7.76. The zero-order valence-electron chi connectivity index (χ0n) is 16.7. The molecule has 1 amide bonds. The van der Waals surface area contributed by atoms with E-state index in [9.17, 15) is 18.0 Å². The zero-order valence-corrected chi connectivity index (χ0v) is 16.7. The van der Waals surface area contributed by atoms with Gasteiger partial charge >= 0.3 is 6.18 Å². The summed E-state index contributed by atoms with van der Waals surface area (Å²) < 4.78 is 47.6. The Labute approximate surface area is 170 Å². The van der Waals surface area contributed by atoms with E-state index in [4.69, 9.17) is 4.52 Å². The van der Waals surface area contributed by atoms with Crippen LogP contribution in [0.1, 0.15) is 55.1 Å². The van der Waals surface area contributed by atoms with Crippen molar-refractivity contribution in [2.45, 2.75) is 51.2 Å². The molecule has 0 spiro atoms. The number of halogens is 3. The number of aromatic nitrogens is 4. The maximum absolute atomic E-state index is 13.6. The number of piperidine rings is 1. The molecule has 1 saturated heterocycles. The fourth-order valence-electron chi connectivity index (χ4n) is 3.99. The number of rotatable bonds is 4. The summed E-state index contributed by atoms with van der Waals surface area (Å²) >= 11 is 0. The number of likely N-dealkylation sites (tertiary alicyclic amines) is 1. The van der Waals surface area contributed by atoms with E-state index < -0.39 is 11.7 Å². The highest BCUT2D eigenvalue weighted by atomic mass is 19.4. The fourth-order valence-corrected chi connectivity index (χ4v) is 3.99. The maximum Gasteiger partial charge on any atom is 0.417 e. The molecule has 10 heteroatoms. The lowest BCUT2D eigenvalue weighted by Crippen LogP contribution is -2.38. The first-order valence-corrected chi connectivity index (χ1v) is 9.83. The summed E-state index contributed by atoms with van der Waals surface area (Å²) in [5.74, 6) is -0.143. The molecular weight excluding hydrogens is 399 g/mol. The molecule has 0 saturated carbocycles.